The molecule has 0 bridgehead atoms. The molecule has 2 heterocycles. The van der Waals surface area contributed by atoms with Crippen LogP contribution in [0.3, 0.4) is 0 Å². The molecule has 0 aromatic carbocycles. The molecule has 1 fully saturated rings. The molecule has 4 nitrogen and oxygen atoms in total. The van der Waals surface area contributed by atoms with Crippen LogP contribution in [0, 0.1) is 0 Å². The second-order valence-electron chi connectivity index (χ2n) is 4.57. The van der Waals surface area contributed by atoms with Crippen molar-refractivity contribution in [3.05, 3.63) is 23.7 Å². The van der Waals surface area contributed by atoms with Gasteiger partial charge in [0, 0.05) is 25.2 Å². The van der Waals surface area contributed by atoms with E-state index >= 15 is 0 Å². The van der Waals surface area contributed by atoms with Gasteiger partial charge < -0.3 is 14.5 Å². The summed E-state index contributed by atoms with van der Waals surface area (Å²) in [5.41, 5.74) is 1.27. The Morgan fingerprint density at radius 3 is 3.18 bits per heavy atom. The van der Waals surface area contributed by atoms with Crippen LogP contribution in [0.4, 0.5) is 0 Å². The van der Waals surface area contributed by atoms with Crippen LogP contribution in [0.1, 0.15) is 25.2 Å². The number of nitrogens with zero attached hydrogens (tertiary/aromatic N) is 1. The van der Waals surface area contributed by atoms with E-state index in [0.29, 0.717) is 6.10 Å². The van der Waals surface area contributed by atoms with Crippen molar-refractivity contribution in [3.8, 4) is 0 Å². The smallest absolute Gasteiger partial charge is 0.122 e. The molecule has 0 aliphatic carbocycles. The lowest BCUT2D eigenvalue weighted by molar-refractivity contribution is -0.0232. The summed E-state index contributed by atoms with van der Waals surface area (Å²) in [4.78, 5) is 2.39. The summed E-state index contributed by atoms with van der Waals surface area (Å²) in [7, 11) is 0. The molecule has 17 heavy (non-hydrogen) atoms. The average molecular weight is 238 g/mol. The summed E-state index contributed by atoms with van der Waals surface area (Å²) in [6.45, 7) is 9.80. The molecule has 0 saturated carbocycles. The molecule has 1 aliphatic rings. The van der Waals surface area contributed by atoms with Crippen molar-refractivity contribution in [2.75, 3.05) is 26.2 Å². The normalized spacial score (nSPS) is 21.9. The Balaban J connectivity index is 1.91. The van der Waals surface area contributed by atoms with Crippen LogP contribution in [0.5, 0.6) is 0 Å². The summed E-state index contributed by atoms with van der Waals surface area (Å²) in [5.74, 6) is 1.08. The average Bonchev–Trinajstić information content (AvgIpc) is 2.74. The van der Waals surface area contributed by atoms with E-state index in [9.17, 15) is 0 Å². The van der Waals surface area contributed by atoms with Crippen LogP contribution in [-0.2, 0) is 17.8 Å². The fraction of sp³-hybridized carbons (Fsp3) is 0.692. The van der Waals surface area contributed by atoms with Gasteiger partial charge in [-0.25, -0.2) is 0 Å². The van der Waals surface area contributed by atoms with E-state index in [-0.39, 0.29) is 0 Å². The van der Waals surface area contributed by atoms with E-state index in [1.165, 1.54) is 5.56 Å². The number of hydrogen-bond acceptors (Lipinski definition) is 4. The Hall–Kier alpha value is -0.840. The van der Waals surface area contributed by atoms with Crippen LogP contribution in [-0.4, -0.2) is 37.2 Å². The second-order valence-corrected chi connectivity index (χ2v) is 4.57. The highest BCUT2D eigenvalue weighted by Gasteiger charge is 2.18. The van der Waals surface area contributed by atoms with Gasteiger partial charge in [0.25, 0.3) is 0 Å². The number of hydrogen-bond donors (Lipinski definition) is 1. The first kappa shape index (κ1) is 12.6. The summed E-state index contributed by atoms with van der Waals surface area (Å²) < 4.78 is 11.1. The highest BCUT2D eigenvalue weighted by Crippen LogP contribution is 2.15. The van der Waals surface area contributed by atoms with Crippen molar-refractivity contribution in [2.45, 2.75) is 33.0 Å². The molecule has 96 valence electrons. The Morgan fingerprint density at radius 2 is 2.41 bits per heavy atom. The van der Waals surface area contributed by atoms with Gasteiger partial charge in [-0.2, -0.15) is 0 Å². The zero-order chi connectivity index (χ0) is 12.1. The van der Waals surface area contributed by atoms with Crippen molar-refractivity contribution < 1.29 is 9.15 Å². The first-order valence-corrected chi connectivity index (χ1v) is 6.39. The Bertz CT molecular complexity index is 338. The zero-order valence-electron chi connectivity index (χ0n) is 10.7. The molecule has 4 heteroatoms. The summed E-state index contributed by atoms with van der Waals surface area (Å²) in [5, 5.41) is 3.33. The molecule has 0 radical (unpaired) electrons. The minimum atomic E-state index is 0.330. The molecule has 1 saturated heterocycles. The lowest BCUT2D eigenvalue weighted by Crippen LogP contribution is -2.40. The number of rotatable bonds is 5. The molecule has 1 N–H and O–H groups in total. The largest absolute Gasteiger partial charge is 0.468 e. The Labute approximate surface area is 103 Å². The summed E-state index contributed by atoms with van der Waals surface area (Å²) >= 11 is 0. The van der Waals surface area contributed by atoms with Gasteiger partial charge in [-0.3, -0.25) is 4.90 Å². The van der Waals surface area contributed by atoms with E-state index < -0.39 is 0 Å². The van der Waals surface area contributed by atoms with Crippen molar-refractivity contribution >= 4 is 0 Å². The summed E-state index contributed by atoms with van der Waals surface area (Å²) in [6.07, 6.45) is 2.11. The molecule has 0 spiro atoms. The second kappa shape index (κ2) is 6.19. The van der Waals surface area contributed by atoms with Crippen molar-refractivity contribution in [3.63, 3.8) is 0 Å². The van der Waals surface area contributed by atoms with Gasteiger partial charge in [0.2, 0.25) is 0 Å². The molecule has 2 rings (SSSR count). The predicted octanol–water partition coefficient (Wildman–Crippen LogP) is 1.61. The van der Waals surface area contributed by atoms with E-state index in [0.717, 1.165) is 45.1 Å². The van der Waals surface area contributed by atoms with Gasteiger partial charge >= 0.3 is 0 Å². The van der Waals surface area contributed by atoms with Crippen LogP contribution in [0.2, 0.25) is 0 Å². The zero-order valence-corrected chi connectivity index (χ0v) is 10.7. The molecule has 1 aromatic heterocycles. The predicted molar refractivity (Wildman–Crippen MR) is 66.8 cm³/mol. The quantitative estimate of drug-likeness (QED) is 0.845. The maximum atomic E-state index is 5.58. The van der Waals surface area contributed by atoms with Gasteiger partial charge in [-0.05, 0) is 19.5 Å². The molecule has 1 unspecified atom stereocenters. The third-order valence-electron chi connectivity index (χ3n) is 3.10. The topological polar surface area (TPSA) is 37.6 Å². The van der Waals surface area contributed by atoms with Crippen LogP contribution in [0.25, 0.3) is 0 Å². The van der Waals surface area contributed by atoms with Crippen molar-refractivity contribution in [2.24, 2.45) is 0 Å². The van der Waals surface area contributed by atoms with E-state index in [1.54, 1.807) is 6.26 Å². The van der Waals surface area contributed by atoms with Gasteiger partial charge in [0.05, 0.1) is 25.5 Å². The summed E-state index contributed by atoms with van der Waals surface area (Å²) in [6, 6.07) is 2.06. The van der Waals surface area contributed by atoms with Gasteiger partial charge in [-0.15, -0.1) is 0 Å². The Kier molecular flexibility index (Phi) is 4.59. The van der Waals surface area contributed by atoms with Crippen LogP contribution in [0.15, 0.2) is 16.7 Å². The molecule has 1 aliphatic heterocycles. The molecule has 0 amide bonds. The minimum absolute atomic E-state index is 0.330. The first-order valence-electron chi connectivity index (χ1n) is 6.39. The minimum Gasteiger partial charge on any atom is -0.468 e. The maximum Gasteiger partial charge on any atom is 0.122 e. The molecular weight excluding hydrogens is 216 g/mol. The number of morpholine rings is 1. The molecule has 1 aromatic rings. The van der Waals surface area contributed by atoms with E-state index in [4.69, 9.17) is 9.15 Å². The lowest BCUT2D eigenvalue weighted by Gasteiger charge is -2.30. The van der Waals surface area contributed by atoms with Crippen LogP contribution >= 0.6 is 0 Å². The van der Waals surface area contributed by atoms with Crippen molar-refractivity contribution in [1.29, 1.82) is 0 Å². The highest BCUT2D eigenvalue weighted by atomic mass is 16.5. The Morgan fingerprint density at radius 1 is 1.53 bits per heavy atom. The highest BCUT2D eigenvalue weighted by molar-refractivity contribution is 5.16. The first-order chi connectivity index (χ1) is 8.29. The van der Waals surface area contributed by atoms with E-state index in [1.807, 2.05) is 0 Å². The SMILES string of the molecule is CCNCc1ccoc1CN1CCOC(C)C1. The van der Waals surface area contributed by atoms with Gasteiger partial charge in [0.15, 0.2) is 0 Å². The third kappa shape index (κ3) is 3.56. The number of furan rings is 1. The molecular formula is C13H22N2O2. The van der Waals surface area contributed by atoms with Crippen LogP contribution < -0.4 is 5.32 Å². The lowest BCUT2D eigenvalue weighted by atomic mass is 10.2. The monoisotopic (exact) mass is 238 g/mol. The fourth-order valence-corrected chi connectivity index (χ4v) is 2.16. The van der Waals surface area contributed by atoms with Gasteiger partial charge in [0.1, 0.15) is 5.76 Å². The van der Waals surface area contributed by atoms with Gasteiger partial charge in [-0.1, -0.05) is 6.92 Å². The number of nitrogens with one attached hydrogen (secondary N) is 1. The van der Waals surface area contributed by atoms with E-state index in [2.05, 4.69) is 30.1 Å². The number of ether oxygens (including phenoxy) is 1. The third-order valence-corrected chi connectivity index (χ3v) is 3.10. The molecule has 1 atom stereocenters. The maximum absolute atomic E-state index is 5.58. The fourth-order valence-electron chi connectivity index (χ4n) is 2.16. The standard InChI is InChI=1S/C13H22N2O2/c1-3-14-8-12-4-6-17-13(12)10-15-5-7-16-11(2)9-15/h4,6,11,14H,3,5,7-10H2,1-2H3. The van der Waals surface area contributed by atoms with Crippen molar-refractivity contribution in [1.82, 2.24) is 10.2 Å².